The summed E-state index contributed by atoms with van der Waals surface area (Å²) in [5.74, 6) is -0.108. The van der Waals surface area contributed by atoms with Gasteiger partial charge in [-0.3, -0.25) is 4.79 Å². The molecule has 0 saturated carbocycles. The van der Waals surface area contributed by atoms with Gasteiger partial charge in [-0.2, -0.15) is 5.10 Å². The van der Waals surface area contributed by atoms with Gasteiger partial charge in [0.1, 0.15) is 16.6 Å². The number of thioether (sulfide) groups is 1. The Labute approximate surface area is 202 Å². The molecule has 0 aliphatic carbocycles. The third kappa shape index (κ3) is 4.56. The molecule has 0 radical (unpaired) electrons. The Balaban J connectivity index is 1.51. The Morgan fingerprint density at radius 2 is 1.59 bits per heavy atom. The van der Waals surface area contributed by atoms with Crippen molar-refractivity contribution in [1.82, 2.24) is 19.7 Å². The van der Waals surface area contributed by atoms with Gasteiger partial charge in [0.2, 0.25) is 5.91 Å². The van der Waals surface area contributed by atoms with Gasteiger partial charge in [0, 0.05) is 5.69 Å². The van der Waals surface area contributed by atoms with Crippen LogP contribution in [0.1, 0.15) is 21.9 Å². The summed E-state index contributed by atoms with van der Waals surface area (Å²) >= 11 is 1.40. The van der Waals surface area contributed by atoms with Gasteiger partial charge in [0.05, 0.1) is 17.3 Å². The van der Waals surface area contributed by atoms with Gasteiger partial charge in [-0.15, -0.1) is 0 Å². The fourth-order valence-corrected chi connectivity index (χ4v) is 5.00. The maximum Gasteiger partial charge on any atom is 0.242 e. The molecule has 6 nitrogen and oxygen atoms in total. The van der Waals surface area contributed by atoms with Crippen LogP contribution in [0.25, 0.3) is 16.7 Å². The standard InChI is InChI=1S/C27H23N5OS/c1-18-13-19(2)15-21(14-18)31-26(33)24(20-9-5-3-6-10-20)34-27-23-16-30-32(25(23)28-17-29-27)22-11-7-4-8-12-22/h3-17,24H,1-2H3,(H,31,33). The number of anilines is 1. The molecule has 3 aromatic carbocycles. The average Bonchev–Trinajstić information content (AvgIpc) is 3.28. The zero-order valence-corrected chi connectivity index (χ0v) is 19.7. The van der Waals surface area contributed by atoms with E-state index in [0.29, 0.717) is 10.7 Å². The van der Waals surface area contributed by atoms with Crippen LogP contribution in [0.4, 0.5) is 5.69 Å². The molecule has 0 spiro atoms. The number of nitrogens with one attached hydrogen (secondary N) is 1. The van der Waals surface area contributed by atoms with Crippen molar-refractivity contribution < 1.29 is 4.79 Å². The fourth-order valence-electron chi connectivity index (χ4n) is 3.94. The highest BCUT2D eigenvalue weighted by atomic mass is 32.2. The van der Waals surface area contributed by atoms with E-state index in [1.165, 1.54) is 18.1 Å². The van der Waals surface area contributed by atoms with E-state index in [2.05, 4.69) is 26.4 Å². The Hall–Kier alpha value is -3.97. The number of fused-ring (bicyclic) bond motifs is 1. The number of carbonyl (C=O) groups is 1. The average molecular weight is 466 g/mol. The van der Waals surface area contributed by atoms with E-state index < -0.39 is 5.25 Å². The Kier molecular flexibility index (Phi) is 6.10. The Morgan fingerprint density at radius 1 is 0.912 bits per heavy atom. The van der Waals surface area contributed by atoms with Gasteiger partial charge >= 0.3 is 0 Å². The fraction of sp³-hybridized carbons (Fsp3) is 0.111. The molecule has 2 aromatic heterocycles. The first kappa shape index (κ1) is 21.9. The molecular formula is C27H23N5OS. The number of benzene rings is 3. The zero-order chi connectivity index (χ0) is 23.5. The van der Waals surface area contributed by atoms with Gasteiger partial charge in [-0.25, -0.2) is 14.6 Å². The van der Waals surface area contributed by atoms with Crippen LogP contribution in [-0.2, 0) is 4.79 Å². The van der Waals surface area contributed by atoms with E-state index >= 15 is 0 Å². The van der Waals surface area contributed by atoms with Crippen LogP contribution in [0.15, 0.2) is 96.4 Å². The Bertz CT molecular complexity index is 1430. The number of para-hydroxylation sites is 1. The summed E-state index contributed by atoms with van der Waals surface area (Å²) in [5.41, 5.74) is 5.50. The quantitative estimate of drug-likeness (QED) is 0.249. The third-order valence-corrected chi connectivity index (χ3v) is 6.66. The van der Waals surface area contributed by atoms with Gasteiger partial charge in [0.25, 0.3) is 0 Å². The molecule has 1 amide bonds. The molecule has 1 unspecified atom stereocenters. The lowest BCUT2D eigenvalue weighted by molar-refractivity contribution is -0.115. The lowest BCUT2D eigenvalue weighted by atomic mass is 10.1. The topological polar surface area (TPSA) is 72.7 Å². The summed E-state index contributed by atoms with van der Waals surface area (Å²) in [7, 11) is 0. The van der Waals surface area contributed by atoms with E-state index in [4.69, 9.17) is 0 Å². The van der Waals surface area contributed by atoms with Crippen LogP contribution < -0.4 is 5.32 Å². The number of amides is 1. The number of rotatable bonds is 6. The molecule has 7 heteroatoms. The molecule has 34 heavy (non-hydrogen) atoms. The number of carbonyl (C=O) groups excluding carboxylic acids is 1. The predicted octanol–water partition coefficient (Wildman–Crippen LogP) is 5.90. The molecular weight excluding hydrogens is 442 g/mol. The number of hydrogen-bond acceptors (Lipinski definition) is 5. The minimum Gasteiger partial charge on any atom is -0.325 e. The van der Waals surface area contributed by atoms with Crippen LogP contribution in [0.3, 0.4) is 0 Å². The molecule has 0 aliphatic heterocycles. The highest BCUT2D eigenvalue weighted by Crippen LogP contribution is 2.38. The summed E-state index contributed by atoms with van der Waals surface area (Å²) in [6.07, 6.45) is 3.28. The van der Waals surface area contributed by atoms with Crippen molar-refractivity contribution in [3.63, 3.8) is 0 Å². The molecule has 5 rings (SSSR count). The first-order chi connectivity index (χ1) is 16.6. The van der Waals surface area contributed by atoms with Gasteiger partial charge in [-0.1, -0.05) is 66.4 Å². The second kappa shape index (κ2) is 9.49. The minimum atomic E-state index is -0.500. The lowest BCUT2D eigenvalue weighted by Crippen LogP contribution is -2.19. The van der Waals surface area contributed by atoms with Crippen molar-refractivity contribution in [2.45, 2.75) is 24.1 Å². The van der Waals surface area contributed by atoms with Gasteiger partial charge in [0.15, 0.2) is 5.65 Å². The summed E-state index contributed by atoms with van der Waals surface area (Å²) in [5, 5.41) is 8.64. The highest BCUT2D eigenvalue weighted by Gasteiger charge is 2.25. The van der Waals surface area contributed by atoms with E-state index in [0.717, 1.165) is 33.5 Å². The van der Waals surface area contributed by atoms with Gasteiger partial charge < -0.3 is 5.32 Å². The van der Waals surface area contributed by atoms with Crippen molar-refractivity contribution in [3.8, 4) is 5.69 Å². The van der Waals surface area contributed by atoms with E-state index in [1.54, 1.807) is 10.9 Å². The van der Waals surface area contributed by atoms with E-state index in [-0.39, 0.29) is 5.91 Å². The molecule has 168 valence electrons. The van der Waals surface area contributed by atoms with Gasteiger partial charge in [-0.05, 0) is 54.8 Å². The van der Waals surface area contributed by atoms with E-state index in [9.17, 15) is 4.79 Å². The molecule has 0 saturated heterocycles. The first-order valence-corrected chi connectivity index (χ1v) is 11.8. The van der Waals surface area contributed by atoms with Crippen LogP contribution in [-0.4, -0.2) is 25.7 Å². The van der Waals surface area contributed by atoms with Crippen molar-refractivity contribution in [3.05, 3.63) is 108 Å². The van der Waals surface area contributed by atoms with Crippen molar-refractivity contribution >= 4 is 34.4 Å². The first-order valence-electron chi connectivity index (χ1n) is 10.9. The second-order valence-electron chi connectivity index (χ2n) is 8.08. The molecule has 2 heterocycles. The minimum absolute atomic E-state index is 0.108. The van der Waals surface area contributed by atoms with E-state index in [1.807, 2.05) is 86.6 Å². The summed E-state index contributed by atoms with van der Waals surface area (Å²) < 4.78 is 1.79. The number of aromatic nitrogens is 4. The molecule has 0 fully saturated rings. The van der Waals surface area contributed by atoms with Crippen LogP contribution in [0.2, 0.25) is 0 Å². The molecule has 0 aliphatic rings. The maximum absolute atomic E-state index is 13.5. The largest absolute Gasteiger partial charge is 0.325 e. The normalized spacial score (nSPS) is 11.9. The van der Waals surface area contributed by atoms with Crippen molar-refractivity contribution in [1.29, 1.82) is 0 Å². The van der Waals surface area contributed by atoms with Crippen molar-refractivity contribution in [2.75, 3.05) is 5.32 Å². The summed E-state index contributed by atoms with van der Waals surface area (Å²) in [4.78, 5) is 22.5. The molecule has 1 N–H and O–H groups in total. The predicted molar refractivity (Wildman–Crippen MR) is 136 cm³/mol. The third-order valence-electron chi connectivity index (χ3n) is 5.39. The summed E-state index contributed by atoms with van der Waals surface area (Å²) in [6, 6.07) is 25.6. The smallest absolute Gasteiger partial charge is 0.242 e. The molecule has 5 aromatic rings. The lowest BCUT2D eigenvalue weighted by Gasteiger charge is -2.17. The monoisotopic (exact) mass is 465 g/mol. The SMILES string of the molecule is Cc1cc(C)cc(NC(=O)C(Sc2ncnc3c2cnn3-c2ccccc2)c2ccccc2)c1. The number of aryl methyl sites for hydroxylation is 2. The maximum atomic E-state index is 13.5. The van der Waals surface area contributed by atoms with Crippen molar-refractivity contribution in [2.24, 2.45) is 0 Å². The second-order valence-corrected chi connectivity index (χ2v) is 9.18. The zero-order valence-electron chi connectivity index (χ0n) is 18.8. The summed E-state index contributed by atoms with van der Waals surface area (Å²) in [6.45, 7) is 4.04. The van der Waals surface area contributed by atoms with Crippen LogP contribution >= 0.6 is 11.8 Å². The number of nitrogens with zero attached hydrogens (tertiary/aromatic N) is 4. The Morgan fingerprint density at radius 3 is 2.29 bits per heavy atom. The number of hydrogen-bond donors (Lipinski definition) is 1. The van der Waals surface area contributed by atoms with Crippen LogP contribution in [0, 0.1) is 13.8 Å². The highest BCUT2D eigenvalue weighted by molar-refractivity contribution is 8.00. The van der Waals surface area contributed by atoms with Crippen LogP contribution in [0.5, 0.6) is 0 Å². The molecule has 0 bridgehead atoms. The molecule has 1 atom stereocenters.